The van der Waals surface area contributed by atoms with Crippen LogP contribution in [0.5, 0.6) is 0 Å². The molecule has 0 saturated heterocycles. The summed E-state index contributed by atoms with van der Waals surface area (Å²) in [6.45, 7) is 2.07. The zero-order valence-corrected chi connectivity index (χ0v) is 12.8. The summed E-state index contributed by atoms with van der Waals surface area (Å²) in [7, 11) is 0. The van der Waals surface area contributed by atoms with Gasteiger partial charge in [-0.15, -0.1) is 11.8 Å². The Morgan fingerprint density at radius 3 is 2.75 bits per heavy atom. The molecular weight excluding hydrogens is 293 g/mol. The molecule has 0 amide bonds. The van der Waals surface area contributed by atoms with Crippen molar-refractivity contribution >= 4 is 23.4 Å². The van der Waals surface area contributed by atoms with Gasteiger partial charge in [0.05, 0.1) is 5.02 Å². The molecular formula is C16H17ClFNS. The minimum Gasteiger partial charge on any atom is -0.327 e. The molecule has 2 rings (SSSR count). The summed E-state index contributed by atoms with van der Waals surface area (Å²) < 4.78 is 13.1. The zero-order valence-electron chi connectivity index (χ0n) is 11.3. The molecule has 4 heteroatoms. The highest BCUT2D eigenvalue weighted by Gasteiger charge is 2.07. The largest absolute Gasteiger partial charge is 0.327 e. The third kappa shape index (κ3) is 4.51. The van der Waals surface area contributed by atoms with Crippen molar-refractivity contribution < 1.29 is 4.39 Å². The molecule has 0 saturated carbocycles. The SMILES string of the molecule is Cc1cccc(SCC(N)Cc2ccc(F)c(Cl)c2)c1. The number of thioether (sulfide) groups is 1. The van der Waals surface area contributed by atoms with Gasteiger partial charge in [-0.25, -0.2) is 4.39 Å². The molecule has 1 atom stereocenters. The van der Waals surface area contributed by atoms with E-state index in [-0.39, 0.29) is 11.1 Å². The van der Waals surface area contributed by atoms with Crippen LogP contribution in [0, 0.1) is 12.7 Å². The lowest BCUT2D eigenvalue weighted by Gasteiger charge is -2.12. The predicted molar refractivity (Wildman–Crippen MR) is 85.0 cm³/mol. The second-order valence-electron chi connectivity index (χ2n) is 4.84. The van der Waals surface area contributed by atoms with Gasteiger partial charge in [-0.05, 0) is 43.2 Å². The summed E-state index contributed by atoms with van der Waals surface area (Å²) >= 11 is 7.50. The van der Waals surface area contributed by atoms with Crippen LogP contribution in [-0.2, 0) is 6.42 Å². The maximum Gasteiger partial charge on any atom is 0.141 e. The lowest BCUT2D eigenvalue weighted by Crippen LogP contribution is -2.25. The Morgan fingerprint density at radius 1 is 1.25 bits per heavy atom. The second-order valence-corrected chi connectivity index (χ2v) is 6.34. The Bertz CT molecular complexity index is 588. The van der Waals surface area contributed by atoms with Crippen molar-refractivity contribution in [3.63, 3.8) is 0 Å². The summed E-state index contributed by atoms with van der Waals surface area (Å²) in [6.07, 6.45) is 0.693. The number of benzene rings is 2. The molecule has 0 aromatic heterocycles. The van der Waals surface area contributed by atoms with Crippen LogP contribution in [0.25, 0.3) is 0 Å². The summed E-state index contributed by atoms with van der Waals surface area (Å²) in [5.74, 6) is 0.427. The third-order valence-electron chi connectivity index (χ3n) is 2.94. The number of hydrogen-bond donors (Lipinski definition) is 1. The minimum absolute atomic E-state index is 0.0158. The Morgan fingerprint density at radius 2 is 2.05 bits per heavy atom. The molecule has 0 bridgehead atoms. The maximum atomic E-state index is 13.1. The molecule has 0 fully saturated rings. The molecule has 2 aromatic rings. The lowest BCUT2D eigenvalue weighted by molar-refractivity contribution is 0.626. The van der Waals surface area contributed by atoms with Gasteiger partial charge in [0.15, 0.2) is 0 Å². The van der Waals surface area contributed by atoms with Gasteiger partial charge < -0.3 is 5.73 Å². The highest BCUT2D eigenvalue weighted by atomic mass is 35.5. The van der Waals surface area contributed by atoms with Crippen LogP contribution in [0.3, 0.4) is 0 Å². The number of nitrogens with two attached hydrogens (primary N) is 1. The van der Waals surface area contributed by atoms with E-state index >= 15 is 0 Å². The molecule has 0 heterocycles. The van der Waals surface area contributed by atoms with Crippen molar-refractivity contribution in [1.29, 1.82) is 0 Å². The van der Waals surface area contributed by atoms with E-state index in [0.29, 0.717) is 6.42 Å². The number of aryl methyl sites for hydroxylation is 1. The van der Waals surface area contributed by atoms with E-state index < -0.39 is 5.82 Å². The Balaban J connectivity index is 1.89. The summed E-state index contributed by atoms with van der Waals surface area (Å²) in [6, 6.07) is 13.1. The van der Waals surface area contributed by atoms with Gasteiger partial charge in [0, 0.05) is 16.7 Å². The average Bonchev–Trinajstić information content (AvgIpc) is 2.41. The third-order valence-corrected chi connectivity index (χ3v) is 4.41. The minimum atomic E-state index is -0.391. The van der Waals surface area contributed by atoms with E-state index in [0.717, 1.165) is 11.3 Å². The fraction of sp³-hybridized carbons (Fsp3) is 0.250. The molecule has 106 valence electrons. The first-order valence-corrected chi connectivity index (χ1v) is 7.80. The molecule has 1 nitrogen and oxygen atoms in total. The molecule has 2 aromatic carbocycles. The van der Waals surface area contributed by atoms with Crippen molar-refractivity contribution in [2.75, 3.05) is 5.75 Å². The van der Waals surface area contributed by atoms with E-state index in [1.807, 2.05) is 6.07 Å². The molecule has 20 heavy (non-hydrogen) atoms. The summed E-state index contributed by atoms with van der Waals surface area (Å²) in [5, 5.41) is 0.154. The van der Waals surface area contributed by atoms with E-state index in [1.54, 1.807) is 23.9 Å². The summed E-state index contributed by atoms with van der Waals surface area (Å²) in [4.78, 5) is 1.22. The Labute approximate surface area is 128 Å². The van der Waals surface area contributed by atoms with Gasteiger partial charge in [0.2, 0.25) is 0 Å². The predicted octanol–water partition coefficient (Wildman–Crippen LogP) is 4.45. The monoisotopic (exact) mass is 309 g/mol. The Kier molecular flexibility index (Phi) is 5.46. The van der Waals surface area contributed by atoms with Crippen LogP contribution >= 0.6 is 23.4 Å². The maximum absolute atomic E-state index is 13.1. The highest BCUT2D eigenvalue weighted by molar-refractivity contribution is 7.99. The second kappa shape index (κ2) is 7.11. The molecule has 0 spiro atoms. The lowest BCUT2D eigenvalue weighted by atomic mass is 10.1. The Hall–Kier alpha value is -1.03. The first-order chi connectivity index (χ1) is 9.54. The average molecular weight is 310 g/mol. The molecule has 0 radical (unpaired) electrons. The molecule has 0 aliphatic rings. The first-order valence-electron chi connectivity index (χ1n) is 6.43. The van der Waals surface area contributed by atoms with Crippen LogP contribution < -0.4 is 5.73 Å². The number of rotatable bonds is 5. The van der Waals surface area contributed by atoms with E-state index in [1.165, 1.54) is 16.5 Å². The smallest absolute Gasteiger partial charge is 0.141 e. The normalized spacial score (nSPS) is 12.4. The van der Waals surface area contributed by atoms with Crippen LogP contribution in [0.15, 0.2) is 47.4 Å². The molecule has 1 unspecified atom stereocenters. The van der Waals surface area contributed by atoms with Gasteiger partial charge in [-0.2, -0.15) is 0 Å². The van der Waals surface area contributed by atoms with Gasteiger partial charge in [-0.3, -0.25) is 0 Å². The van der Waals surface area contributed by atoms with Crippen molar-refractivity contribution in [2.45, 2.75) is 24.3 Å². The van der Waals surface area contributed by atoms with Gasteiger partial charge >= 0.3 is 0 Å². The number of hydrogen-bond acceptors (Lipinski definition) is 2. The van der Waals surface area contributed by atoms with Crippen molar-refractivity contribution in [3.05, 3.63) is 64.4 Å². The quantitative estimate of drug-likeness (QED) is 0.826. The van der Waals surface area contributed by atoms with Crippen LogP contribution in [-0.4, -0.2) is 11.8 Å². The van der Waals surface area contributed by atoms with Crippen LogP contribution in [0.2, 0.25) is 5.02 Å². The van der Waals surface area contributed by atoms with E-state index in [2.05, 4.69) is 25.1 Å². The van der Waals surface area contributed by atoms with Gasteiger partial charge in [-0.1, -0.05) is 35.4 Å². The van der Waals surface area contributed by atoms with Gasteiger partial charge in [0.25, 0.3) is 0 Å². The fourth-order valence-corrected chi connectivity index (χ4v) is 3.11. The topological polar surface area (TPSA) is 26.0 Å². The van der Waals surface area contributed by atoms with E-state index in [4.69, 9.17) is 17.3 Å². The van der Waals surface area contributed by atoms with E-state index in [9.17, 15) is 4.39 Å². The number of halogens is 2. The van der Waals surface area contributed by atoms with Gasteiger partial charge in [0.1, 0.15) is 5.82 Å². The standard InChI is InChI=1S/C16H17ClFNS/c1-11-3-2-4-14(7-11)20-10-13(19)8-12-5-6-16(18)15(17)9-12/h2-7,9,13H,8,10,19H2,1H3. The zero-order chi connectivity index (χ0) is 14.5. The van der Waals surface area contributed by atoms with Crippen molar-refractivity contribution in [2.24, 2.45) is 5.73 Å². The van der Waals surface area contributed by atoms with Crippen LogP contribution in [0.1, 0.15) is 11.1 Å². The highest BCUT2D eigenvalue weighted by Crippen LogP contribution is 2.21. The first kappa shape index (κ1) is 15.4. The molecule has 0 aliphatic carbocycles. The van der Waals surface area contributed by atoms with Crippen LogP contribution in [0.4, 0.5) is 4.39 Å². The summed E-state index contributed by atoms with van der Waals surface area (Å²) in [5.41, 5.74) is 8.33. The van der Waals surface area contributed by atoms with Crippen molar-refractivity contribution in [1.82, 2.24) is 0 Å². The fourth-order valence-electron chi connectivity index (χ4n) is 1.94. The van der Waals surface area contributed by atoms with Crippen molar-refractivity contribution in [3.8, 4) is 0 Å². The molecule has 2 N–H and O–H groups in total. The molecule has 0 aliphatic heterocycles.